The molecule has 1 aromatic carbocycles. The smallest absolute Gasteiger partial charge is 0.254 e. The van der Waals surface area contributed by atoms with Crippen molar-refractivity contribution < 1.29 is 14.0 Å². The second-order valence-corrected chi connectivity index (χ2v) is 7.04. The van der Waals surface area contributed by atoms with Crippen LogP contribution < -0.4 is 5.32 Å². The monoisotopic (exact) mass is 378 g/mol. The van der Waals surface area contributed by atoms with E-state index in [1.165, 1.54) is 0 Å². The molecule has 0 spiro atoms. The molecule has 2 aromatic heterocycles. The van der Waals surface area contributed by atoms with Gasteiger partial charge in [-0.3, -0.25) is 14.3 Å². The summed E-state index contributed by atoms with van der Waals surface area (Å²) < 4.78 is 7.09. The Hall–Kier alpha value is -3.35. The first-order valence-electron chi connectivity index (χ1n) is 9.27. The second kappa shape index (κ2) is 7.72. The van der Waals surface area contributed by atoms with Gasteiger partial charge in [-0.25, -0.2) is 0 Å². The molecule has 3 heterocycles. The number of rotatable bonds is 5. The summed E-state index contributed by atoms with van der Waals surface area (Å²) in [4.78, 5) is 27.2. The van der Waals surface area contributed by atoms with Gasteiger partial charge in [0.15, 0.2) is 0 Å². The largest absolute Gasteiger partial charge is 0.467 e. The molecule has 144 valence electrons. The fraction of sp³-hybridized carbons (Fsp3) is 0.286. The number of amides is 2. The summed E-state index contributed by atoms with van der Waals surface area (Å²) >= 11 is 0. The van der Waals surface area contributed by atoms with Crippen molar-refractivity contribution in [1.82, 2.24) is 20.0 Å². The molecule has 2 amide bonds. The Balaban J connectivity index is 1.46. The number of furan rings is 1. The highest BCUT2D eigenvalue weighted by Crippen LogP contribution is 2.24. The van der Waals surface area contributed by atoms with Gasteiger partial charge in [0.25, 0.3) is 5.91 Å². The van der Waals surface area contributed by atoms with Crippen LogP contribution in [0.2, 0.25) is 0 Å². The molecule has 1 aliphatic rings. The van der Waals surface area contributed by atoms with Crippen LogP contribution in [-0.2, 0) is 17.9 Å². The van der Waals surface area contributed by atoms with E-state index < -0.39 is 0 Å². The predicted molar refractivity (Wildman–Crippen MR) is 102 cm³/mol. The molecule has 0 aliphatic carbocycles. The lowest BCUT2D eigenvalue weighted by atomic mass is 10.1. The number of fused-ring (bicyclic) bond motifs is 1. The van der Waals surface area contributed by atoms with E-state index in [-0.39, 0.29) is 24.3 Å². The van der Waals surface area contributed by atoms with Gasteiger partial charge in [0.1, 0.15) is 5.76 Å². The van der Waals surface area contributed by atoms with Crippen molar-refractivity contribution in [2.45, 2.75) is 32.5 Å². The minimum Gasteiger partial charge on any atom is -0.467 e. The van der Waals surface area contributed by atoms with Crippen molar-refractivity contribution in [3.05, 3.63) is 77.5 Å². The number of nitrogens with one attached hydrogen (secondary N) is 1. The first-order valence-corrected chi connectivity index (χ1v) is 9.27. The molecule has 1 aliphatic heterocycles. The molecule has 7 nitrogen and oxygen atoms in total. The Morgan fingerprint density at radius 1 is 1.25 bits per heavy atom. The molecule has 0 radical (unpaired) electrons. The normalized spacial score (nSPS) is 15.9. The van der Waals surface area contributed by atoms with E-state index in [1.54, 1.807) is 23.4 Å². The first kappa shape index (κ1) is 18.0. The molecule has 0 saturated carbocycles. The predicted octanol–water partition coefficient (Wildman–Crippen LogP) is 2.69. The molecule has 0 fully saturated rings. The van der Waals surface area contributed by atoms with Crippen LogP contribution in [0.15, 0.2) is 59.3 Å². The maximum Gasteiger partial charge on any atom is 0.254 e. The zero-order valence-corrected chi connectivity index (χ0v) is 15.7. The average Bonchev–Trinajstić information content (AvgIpc) is 3.37. The lowest BCUT2D eigenvalue weighted by Crippen LogP contribution is -2.42. The van der Waals surface area contributed by atoms with Crippen LogP contribution in [0.3, 0.4) is 0 Å². The minimum atomic E-state index is -0.205. The molecule has 1 atom stereocenters. The van der Waals surface area contributed by atoms with Gasteiger partial charge in [-0.15, -0.1) is 0 Å². The van der Waals surface area contributed by atoms with E-state index in [4.69, 9.17) is 4.42 Å². The fourth-order valence-corrected chi connectivity index (χ4v) is 3.54. The summed E-state index contributed by atoms with van der Waals surface area (Å²) in [7, 11) is 0. The van der Waals surface area contributed by atoms with E-state index in [9.17, 15) is 9.59 Å². The number of benzene rings is 1. The lowest BCUT2D eigenvalue weighted by Gasteiger charge is -2.33. The summed E-state index contributed by atoms with van der Waals surface area (Å²) in [5, 5.41) is 7.22. The molecular formula is C21H22N4O3. The molecule has 1 unspecified atom stereocenters. The summed E-state index contributed by atoms with van der Waals surface area (Å²) in [5.41, 5.74) is 2.63. The Bertz CT molecular complexity index is 977. The Morgan fingerprint density at radius 3 is 2.93 bits per heavy atom. The van der Waals surface area contributed by atoms with Crippen LogP contribution >= 0.6 is 0 Å². The van der Waals surface area contributed by atoms with Gasteiger partial charge in [-0.1, -0.05) is 17.7 Å². The molecule has 0 bridgehead atoms. The highest BCUT2D eigenvalue weighted by Gasteiger charge is 2.30. The van der Waals surface area contributed by atoms with Gasteiger partial charge in [0.05, 0.1) is 37.5 Å². The summed E-state index contributed by atoms with van der Waals surface area (Å²) in [5.74, 6) is 0.567. The van der Waals surface area contributed by atoms with E-state index in [0.717, 1.165) is 11.3 Å². The molecule has 4 rings (SSSR count). The summed E-state index contributed by atoms with van der Waals surface area (Å²) in [6, 6.07) is 12.9. The van der Waals surface area contributed by atoms with Crippen LogP contribution in [-0.4, -0.2) is 33.0 Å². The molecule has 1 N–H and O–H groups in total. The van der Waals surface area contributed by atoms with Gasteiger partial charge >= 0.3 is 0 Å². The maximum atomic E-state index is 13.0. The van der Waals surface area contributed by atoms with Gasteiger partial charge in [0, 0.05) is 18.3 Å². The maximum absolute atomic E-state index is 13.0. The topological polar surface area (TPSA) is 80.4 Å². The van der Waals surface area contributed by atoms with Crippen LogP contribution in [0.25, 0.3) is 0 Å². The van der Waals surface area contributed by atoms with E-state index in [2.05, 4.69) is 10.4 Å². The SMILES string of the molecule is Cc1cccc(C(=O)N2Cc3ccnn3C(CC(=O)NCc3ccco3)C2)c1. The number of aryl methyl sites for hydroxylation is 1. The van der Waals surface area contributed by atoms with E-state index in [1.807, 2.05) is 48.0 Å². The molecule has 28 heavy (non-hydrogen) atoms. The van der Waals surface area contributed by atoms with E-state index in [0.29, 0.717) is 31.0 Å². The van der Waals surface area contributed by atoms with Crippen molar-refractivity contribution in [1.29, 1.82) is 0 Å². The number of nitrogens with zero attached hydrogens (tertiary/aromatic N) is 3. The second-order valence-electron chi connectivity index (χ2n) is 7.04. The summed E-state index contributed by atoms with van der Waals surface area (Å²) in [6.45, 7) is 3.23. The third-order valence-corrected chi connectivity index (χ3v) is 4.90. The number of carbonyl (C=O) groups is 2. The lowest BCUT2D eigenvalue weighted by molar-refractivity contribution is -0.122. The van der Waals surface area contributed by atoms with E-state index >= 15 is 0 Å². The van der Waals surface area contributed by atoms with Crippen molar-refractivity contribution in [2.75, 3.05) is 6.54 Å². The van der Waals surface area contributed by atoms with Crippen LogP contribution in [0.5, 0.6) is 0 Å². The quantitative estimate of drug-likeness (QED) is 0.740. The van der Waals surface area contributed by atoms with Crippen LogP contribution in [0, 0.1) is 6.92 Å². The Labute approximate surface area is 162 Å². The number of aromatic nitrogens is 2. The highest BCUT2D eigenvalue weighted by atomic mass is 16.3. The number of carbonyl (C=O) groups excluding carboxylic acids is 2. The Morgan fingerprint density at radius 2 is 2.14 bits per heavy atom. The molecule has 3 aromatic rings. The molecule has 7 heteroatoms. The molecular weight excluding hydrogens is 356 g/mol. The van der Waals surface area contributed by atoms with Gasteiger partial charge in [-0.2, -0.15) is 5.10 Å². The fourth-order valence-electron chi connectivity index (χ4n) is 3.54. The average molecular weight is 378 g/mol. The Kier molecular flexibility index (Phi) is 4.97. The van der Waals surface area contributed by atoms with Crippen LogP contribution in [0.1, 0.15) is 39.8 Å². The number of hydrogen-bond donors (Lipinski definition) is 1. The standard InChI is InChI=1S/C21H22N4O3/c1-15-4-2-5-16(10-15)21(27)24-13-17-7-8-23-25(17)18(14-24)11-20(26)22-12-19-6-3-9-28-19/h2-10,18H,11-14H2,1H3,(H,22,26). The minimum absolute atomic E-state index is 0.0304. The molecule has 0 saturated heterocycles. The van der Waals surface area contributed by atoms with Gasteiger partial charge in [-0.05, 0) is 37.3 Å². The van der Waals surface area contributed by atoms with Crippen molar-refractivity contribution in [2.24, 2.45) is 0 Å². The van der Waals surface area contributed by atoms with Crippen molar-refractivity contribution in [3.8, 4) is 0 Å². The van der Waals surface area contributed by atoms with Gasteiger partial charge in [0.2, 0.25) is 5.91 Å². The third kappa shape index (κ3) is 3.83. The first-order chi connectivity index (χ1) is 13.6. The highest BCUT2D eigenvalue weighted by molar-refractivity contribution is 5.94. The van der Waals surface area contributed by atoms with Crippen LogP contribution in [0.4, 0.5) is 0 Å². The van der Waals surface area contributed by atoms with Gasteiger partial charge < -0.3 is 14.6 Å². The number of hydrogen-bond acceptors (Lipinski definition) is 4. The summed E-state index contributed by atoms with van der Waals surface area (Å²) in [6.07, 6.45) is 3.53. The zero-order valence-electron chi connectivity index (χ0n) is 15.7. The van der Waals surface area contributed by atoms with Crippen molar-refractivity contribution >= 4 is 11.8 Å². The third-order valence-electron chi connectivity index (χ3n) is 4.90. The zero-order chi connectivity index (χ0) is 19.5. The van der Waals surface area contributed by atoms with Crippen molar-refractivity contribution in [3.63, 3.8) is 0 Å².